The van der Waals surface area contributed by atoms with Gasteiger partial charge in [-0.2, -0.15) is 0 Å². The standard InChI is InChI=1S/C26H24FN5O2/c1-4-24-28-13-11-21(31-24)20-6-5-12-29-25(20)34-23-10-9-19(14-17(23)3)30-26(33)32-22-15-18(27)8-7-16(22)2/h5-15H,4H2,1-3H3,(H2,30,32,33). The number of nitrogens with one attached hydrogen (secondary N) is 2. The molecule has 0 saturated heterocycles. The number of pyridine rings is 1. The molecule has 2 aromatic carbocycles. The molecular formula is C26H24FN5O2. The molecule has 34 heavy (non-hydrogen) atoms. The van der Waals surface area contributed by atoms with Gasteiger partial charge in [-0.25, -0.2) is 24.1 Å². The fourth-order valence-electron chi connectivity index (χ4n) is 3.35. The van der Waals surface area contributed by atoms with Crippen molar-refractivity contribution in [1.29, 1.82) is 0 Å². The van der Waals surface area contributed by atoms with Crippen LogP contribution < -0.4 is 15.4 Å². The number of ether oxygens (including phenoxy) is 1. The van der Waals surface area contributed by atoms with E-state index in [0.717, 1.165) is 34.6 Å². The molecule has 0 unspecified atom stereocenters. The number of carbonyl (C=O) groups is 1. The summed E-state index contributed by atoms with van der Waals surface area (Å²) < 4.78 is 19.6. The third-order valence-electron chi connectivity index (χ3n) is 5.16. The fraction of sp³-hybridized carbons (Fsp3) is 0.154. The molecule has 0 spiro atoms. The fourth-order valence-corrected chi connectivity index (χ4v) is 3.35. The molecule has 0 aliphatic carbocycles. The highest BCUT2D eigenvalue weighted by Crippen LogP contribution is 2.32. The molecule has 172 valence electrons. The van der Waals surface area contributed by atoms with E-state index in [9.17, 15) is 9.18 Å². The molecule has 2 amide bonds. The Morgan fingerprint density at radius 2 is 1.82 bits per heavy atom. The first-order valence-electron chi connectivity index (χ1n) is 10.8. The lowest BCUT2D eigenvalue weighted by molar-refractivity contribution is 0.262. The molecule has 0 radical (unpaired) electrons. The van der Waals surface area contributed by atoms with E-state index >= 15 is 0 Å². The second kappa shape index (κ2) is 10.1. The van der Waals surface area contributed by atoms with Crippen molar-refractivity contribution in [3.05, 3.63) is 89.8 Å². The molecule has 2 N–H and O–H groups in total. The van der Waals surface area contributed by atoms with E-state index in [4.69, 9.17) is 4.74 Å². The number of anilines is 2. The minimum atomic E-state index is -0.468. The summed E-state index contributed by atoms with van der Waals surface area (Å²) in [5.74, 6) is 1.34. The maximum atomic E-state index is 13.5. The van der Waals surface area contributed by atoms with E-state index in [1.807, 2.05) is 32.0 Å². The quantitative estimate of drug-likeness (QED) is 0.355. The minimum Gasteiger partial charge on any atom is -0.438 e. The predicted octanol–water partition coefficient (Wildman–Crippen LogP) is 6.29. The molecule has 4 rings (SSSR count). The lowest BCUT2D eigenvalue weighted by Gasteiger charge is -2.14. The van der Waals surface area contributed by atoms with Gasteiger partial charge >= 0.3 is 6.03 Å². The van der Waals surface area contributed by atoms with Gasteiger partial charge in [0, 0.05) is 30.2 Å². The van der Waals surface area contributed by atoms with E-state index < -0.39 is 11.8 Å². The van der Waals surface area contributed by atoms with Crippen molar-refractivity contribution in [1.82, 2.24) is 15.0 Å². The highest BCUT2D eigenvalue weighted by Gasteiger charge is 2.13. The Morgan fingerprint density at radius 1 is 0.971 bits per heavy atom. The topological polar surface area (TPSA) is 89.0 Å². The van der Waals surface area contributed by atoms with E-state index in [0.29, 0.717) is 23.0 Å². The Kier molecular flexibility index (Phi) is 6.77. The maximum absolute atomic E-state index is 13.5. The Bertz CT molecular complexity index is 1340. The number of carbonyl (C=O) groups excluding carboxylic acids is 1. The number of aromatic nitrogens is 3. The Labute approximate surface area is 197 Å². The summed E-state index contributed by atoms with van der Waals surface area (Å²) in [6, 6.07) is 14.6. The van der Waals surface area contributed by atoms with Gasteiger partial charge in [-0.15, -0.1) is 0 Å². The average molecular weight is 458 g/mol. The number of halogens is 1. The number of nitrogens with zero attached hydrogens (tertiary/aromatic N) is 3. The maximum Gasteiger partial charge on any atom is 0.323 e. The molecule has 0 aliphatic rings. The first-order valence-corrected chi connectivity index (χ1v) is 10.8. The molecule has 0 saturated carbocycles. The third-order valence-corrected chi connectivity index (χ3v) is 5.16. The first kappa shape index (κ1) is 22.8. The number of rotatable bonds is 6. The van der Waals surface area contributed by atoms with Crippen LogP contribution in [-0.4, -0.2) is 21.0 Å². The van der Waals surface area contributed by atoms with Gasteiger partial charge in [0.15, 0.2) is 0 Å². The van der Waals surface area contributed by atoms with Gasteiger partial charge < -0.3 is 15.4 Å². The number of amides is 2. The third kappa shape index (κ3) is 5.35. The predicted molar refractivity (Wildman–Crippen MR) is 130 cm³/mol. The van der Waals surface area contributed by atoms with Crippen LogP contribution in [0.25, 0.3) is 11.3 Å². The van der Waals surface area contributed by atoms with Gasteiger partial charge in [0.1, 0.15) is 17.4 Å². The van der Waals surface area contributed by atoms with Crippen molar-refractivity contribution in [2.75, 3.05) is 10.6 Å². The second-order valence-corrected chi connectivity index (χ2v) is 7.69. The zero-order valence-electron chi connectivity index (χ0n) is 19.1. The second-order valence-electron chi connectivity index (χ2n) is 7.69. The average Bonchev–Trinajstić information content (AvgIpc) is 2.83. The Balaban J connectivity index is 1.50. The van der Waals surface area contributed by atoms with Gasteiger partial charge in [-0.3, -0.25) is 0 Å². The van der Waals surface area contributed by atoms with Crippen molar-refractivity contribution >= 4 is 17.4 Å². The highest BCUT2D eigenvalue weighted by molar-refractivity contribution is 6.00. The van der Waals surface area contributed by atoms with Crippen LogP contribution in [0.4, 0.5) is 20.6 Å². The number of hydrogen-bond donors (Lipinski definition) is 2. The molecule has 2 aromatic heterocycles. The van der Waals surface area contributed by atoms with Crippen LogP contribution in [0.5, 0.6) is 11.6 Å². The van der Waals surface area contributed by atoms with Crippen molar-refractivity contribution in [2.45, 2.75) is 27.2 Å². The molecular weight excluding hydrogens is 433 g/mol. The Hall–Kier alpha value is -4.33. The van der Waals surface area contributed by atoms with Gasteiger partial charge in [-0.1, -0.05) is 13.0 Å². The van der Waals surface area contributed by atoms with Crippen molar-refractivity contribution in [2.24, 2.45) is 0 Å². The summed E-state index contributed by atoms with van der Waals surface area (Å²) in [5.41, 5.74) is 4.03. The number of aryl methyl sites for hydroxylation is 3. The number of hydrogen-bond acceptors (Lipinski definition) is 5. The smallest absolute Gasteiger partial charge is 0.323 e. The molecule has 0 atom stereocenters. The summed E-state index contributed by atoms with van der Waals surface area (Å²) in [6.45, 7) is 5.66. The summed E-state index contributed by atoms with van der Waals surface area (Å²) in [6.07, 6.45) is 4.11. The van der Waals surface area contributed by atoms with Gasteiger partial charge in [0.05, 0.1) is 11.3 Å². The van der Waals surface area contributed by atoms with E-state index in [1.54, 1.807) is 43.6 Å². The minimum absolute atomic E-state index is 0.410. The van der Waals surface area contributed by atoms with Gasteiger partial charge in [0.25, 0.3) is 0 Å². The lowest BCUT2D eigenvalue weighted by Crippen LogP contribution is -2.20. The van der Waals surface area contributed by atoms with Crippen LogP contribution in [0.15, 0.2) is 67.0 Å². The van der Waals surface area contributed by atoms with Crippen LogP contribution in [0.3, 0.4) is 0 Å². The normalized spacial score (nSPS) is 10.6. The molecule has 4 aromatic rings. The van der Waals surface area contributed by atoms with E-state index in [2.05, 4.69) is 25.6 Å². The number of urea groups is 1. The monoisotopic (exact) mass is 457 g/mol. The zero-order chi connectivity index (χ0) is 24.1. The molecule has 7 nitrogen and oxygen atoms in total. The van der Waals surface area contributed by atoms with Crippen LogP contribution in [0.2, 0.25) is 0 Å². The largest absolute Gasteiger partial charge is 0.438 e. The van der Waals surface area contributed by atoms with Crippen molar-refractivity contribution < 1.29 is 13.9 Å². The van der Waals surface area contributed by atoms with Crippen LogP contribution in [-0.2, 0) is 6.42 Å². The molecule has 0 fully saturated rings. The Morgan fingerprint density at radius 3 is 2.62 bits per heavy atom. The molecule has 0 bridgehead atoms. The molecule has 2 heterocycles. The summed E-state index contributed by atoms with van der Waals surface area (Å²) >= 11 is 0. The van der Waals surface area contributed by atoms with Crippen molar-refractivity contribution in [3.63, 3.8) is 0 Å². The summed E-state index contributed by atoms with van der Waals surface area (Å²) in [5, 5.41) is 5.42. The summed E-state index contributed by atoms with van der Waals surface area (Å²) in [4.78, 5) is 25.6. The first-order chi connectivity index (χ1) is 16.4. The van der Waals surface area contributed by atoms with Gasteiger partial charge in [-0.05, 0) is 73.5 Å². The van der Waals surface area contributed by atoms with Crippen molar-refractivity contribution in [3.8, 4) is 22.9 Å². The highest BCUT2D eigenvalue weighted by atomic mass is 19.1. The summed E-state index contributed by atoms with van der Waals surface area (Å²) in [7, 11) is 0. The molecule has 0 aliphatic heterocycles. The van der Waals surface area contributed by atoms with Gasteiger partial charge in [0.2, 0.25) is 5.88 Å². The zero-order valence-corrected chi connectivity index (χ0v) is 19.1. The lowest BCUT2D eigenvalue weighted by atomic mass is 10.1. The van der Waals surface area contributed by atoms with E-state index in [1.165, 1.54) is 12.1 Å². The number of benzene rings is 2. The van der Waals surface area contributed by atoms with Crippen LogP contribution in [0.1, 0.15) is 23.9 Å². The SMILES string of the molecule is CCc1nccc(-c2cccnc2Oc2ccc(NC(=O)Nc3cc(F)ccc3C)cc2C)n1. The van der Waals surface area contributed by atoms with Crippen LogP contribution >= 0.6 is 0 Å². The van der Waals surface area contributed by atoms with Crippen LogP contribution in [0, 0.1) is 19.7 Å². The molecule has 8 heteroatoms. The van der Waals surface area contributed by atoms with E-state index in [-0.39, 0.29) is 0 Å².